The topological polar surface area (TPSA) is 137 Å². The number of carbonyl (C=O) groups is 2. The third-order valence-corrected chi connectivity index (χ3v) is 7.58. The van der Waals surface area contributed by atoms with E-state index in [-0.39, 0.29) is 23.8 Å². The Balaban J connectivity index is 1.05. The zero-order valence-electron chi connectivity index (χ0n) is 21.0. The largest absolute Gasteiger partial charge is 0.368 e. The molecule has 3 N–H and O–H groups in total. The van der Waals surface area contributed by atoms with Crippen LogP contribution in [0.3, 0.4) is 0 Å². The van der Waals surface area contributed by atoms with E-state index in [0.29, 0.717) is 5.56 Å². The number of H-pyrrole nitrogens is 1. The van der Waals surface area contributed by atoms with E-state index >= 15 is 0 Å². The van der Waals surface area contributed by atoms with Crippen molar-refractivity contribution in [2.45, 2.75) is 11.3 Å². The number of aromatic nitrogens is 2. The van der Waals surface area contributed by atoms with Crippen LogP contribution in [0.1, 0.15) is 16.8 Å². The zero-order valence-corrected chi connectivity index (χ0v) is 21.9. The Hall–Kier alpha value is -4.42. The number of piperazine rings is 1. The second-order valence-electron chi connectivity index (χ2n) is 8.98. The Morgan fingerprint density at radius 3 is 2.26 bits per heavy atom. The number of benzene rings is 3. The molecule has 0 radical (unpaired) electrons. The van der Waals surface area contributed by atoms with Crippen LogP contribution in [0.5, 0.6) is 0 Å². The Labute approximate surface area is 225 Å². The van der Waals surface area contributed by atoms with E-state index in [4.69, 9.17) is 0 Å². The summed E-state index contributed by atoms with van der Waals surface area (Å²) < 4.78 is 24.2. The molecule has 1 aromatic heterocycles. The van der Waals surface area contributed by atoms with Crippen molar-refractivity contribution in [3.05, 3.63) is 84.4 Å². The lowest BCUT2D eigenvalue weighted by Crippen LogP contribution is -2.47. The van der Waals surface area contributed by atoms with E-state index in [1.165, 1.54) is 12.1 Å². The average molecular weight is 549 g/mol. The Morgan fingerprint density at radius 1 is 0.872 bits per heavy atom. The molecule has 1 saturated heterocycles. The molecule has 11 nitrogen and oxygen atoms in total. The lowest BCUT2D eigenvalue weighted by molar-refractivity contribution is -0.146. The van der Waals surface area contributed by atoms with Gasteiger partial charge in [-0.25, -0.2) is 13.4 Å². The quantitative estimate of drug-likeness (QED) is 0.271. The van der Waals surface area contributed by atoms with Crippen molar-refractivity contribution in [2.75, 3.05) is 42.5 Å². The molecule has 1 amide bonds. The van der Waals surface area contributed by atoms with E-state index in [1.807, 2.05) is 36.4 Å². The zero-order chi connectivity index (χ0) is 27.2. The number of amides is 1. The van der Waals surface area contributed by atoms with E-state index in [0.717, 1.165) is 48.8 Å². The number of sulfonamides is 1. The highest BCUT2D eigenvalue weighted by atomic mass is 32.2. The molecular weight excluding hydrogens is 520 g/mol. The molecule has 202 valence electrons. The summed E-state index contributed by atoms with van der Waals surface area (Å²) in [7, 11) is -3.97. The van der Waals surface area contributed by atoms with Gasteiger partial charge in [0.1, 0.15) is 0 Å². The number of rotatable bonds is 9. The third-order valence-electron chi connectivity index (χ3n) is 6.38. The molecule has 0 atom stereocenters. The van der Waals surface area contributed by atoms with Gasteiger partial charge in [-0.3, -0.25) is 9.59 Å². The van der Waals surface area contributed by atoms with Gasteiger partial charge in [-0.1, -0.05) is 30.3 Å². The van der Waals surface area contributed by atoms with Crippen LogP contribution >= 0.6 is 0 Å². The molecule has 1 aliphatic heterocycles. The molecule has 1 aliphatic rings. The number of anilines is 2. The van der Waals surface area contributed by atoms with E-state index in [1.54, 1.807) is 35.2 Å². The van der Waals surface area contributed by atoms with Crippen molar-refractivity contribution in [3.63, 3.8) is 0 Å². The summed E-state index contributed by atoms with van der Waals surface area (Å²) in [5.74, 6) is -0.277. The van der Waals surface area contributed by atoms with Gasteiger partial charge in [-0.2, -0.15) is 0 Å². The highest BCUT2D eigenvalue weighted by molar-refractivity contribution is 7.89. The predicted octanol–water partition coefficient (Wildman–Crippen LogP) is 2.45. The lowest BCUT2D eigenvalue weighted by atomic mass is 10.1. The number of nitrogens with one attached hydrogen (secondary N) is 3. The monoisotopic (exact) mass is 548 g/mol. The highest BCUT2D eigenvalue weighted by Gasteiger charge is 2.20. The molecule has 3 aromatic carbocycles. The Kier molecular flexibility index (Phi) is 7.75. The first-order valence-corrected chi connectivity index (χ1v) is 14.0. The fourth-order valence-electron chi connectivity index (χ4n) is 4.27. The predicted molar refractivity (Wildman–Crippen MR) is 147 cm³/mol. The summed E-state index contributed by atoms with van der Waals surface area (Å²) >= 11 is 0. The molecule has 0 spiro atoms. The number of hydrogen-bond donors (Lipinski definition) is 3. The summed E-state index contributed by atoms with van der Waals surface area (Å²) in [4.78, 5) is 43.3. The maximum absolute atomic E-state index is 12.5. The normalized spacial score (nSPS) is 13.8. The maximum atomic E-state index is 12.5. The van der Waals surface area contributed by atoms with E-state index < -0.39 is 16.0 Å². The number of fused-ring (bicyclic) bond motifs is 1. The highest BCUT2D eigenvalue weighted by Crippen LogP contribution is 2.21. The molecule has 39 heavy (non-hydrogen) atoms. The van der Waals surface area contributed by atoms with Gasteiger partial charge < -0.3 is 24.9 Å². The number of imidazole rings is 1. The SMILES string of the molecule is O=C(CCNC(=O)c1ccc(N2CCN(c3nc4ccccc4[nH]3)CC2)cc1)ONS(=O)(=O)c1ccccc1. The molecule has 0 unspecified atom stereocenters. The minimum absolute atomic E-state index is 0.00374. The van der Waals surface area contributed by atoms with Gasteiger partial charge in [0.05, 0.1) is 22.3 Å². The van der Waals surface area contributed by atoms with Gasteiger partial charge in [0, 0.05) is 44.0 Å². The minimum atomic E-state index is -3.97. The first kappa shape index (κ1) is 26.2. The van der Waals surface area contributed by atoms with Crippen LogP contribution in [-0.2, 0) is 19.7 Å². The summed E-state index contributed by atoms with van der Waals surface area (Å²) in [5.41, 5.74) is 3.45. The van der Waals surface area contributed by atoms with Crippen LogP contribution < -0.4 is 20.0 Å². The van der Waals surface area contributed by atoms with E-state index in [9.17, 15) is 18.0 Å². The number of para-hydroxylation sites is 2. The second kappa shape index (κ2) is 11.5. The number of nitrogens with zero attached hydrogens (tertiary/aromatic N) is 3. The summed E-state index contributed by atoms with van der Waals surface area (Å²) in [6, 6.07) is 22.8. The maximum Gasteiger partial charge on any atom is 0.327 e. The van der Waals surface area contributed by atoms with Gasteiger partial charge in [0.25, 0.3) is 15.9 Å². The van der Waals surface area contributed by atoms with Crippen molar-refractivity contribution >= 4 is 44.6 Å². The minimum Gasteiger partial charge on any atom is -0.368 e. The molecule has 5 rings (SSSR count). The fourth-order valence-corrected chi connectivity index (χ4v) is 5.08. The van der Waals surface area contributed by atoms with Gasteiger partial charge in [0.15, 0.2) is 0 Å². The summed E-state index contributed by atoms with van der Waals surface area (Å²) in [5, 5.41) is 2.64. The summed E-state index contributed by atoms with van der Waals surface area (Å²) in [6.45, 7) is 3.27. The molecule has 1 fully saturated rings. The molecule has 12 heteroatoms. The van der Waals surface area contributed by atoms with Crippen LogP contribution in [0.25, 0.3) is 11.0 Å². The lowest BCUT2D eigenvalue weighted by Gasteiger charge is -2.36. The Morgan fingerprint density at radius 2 is 1.54 bits per heavy atom. The summed E-state index contributed by atoms with van der Waals surface area (Å²) in [6.07, 6.45) is -0.198. The molecular formula is C27H28N6O5S. The first-order chi connectivity index (χ1) is 18.9. The standard InChI is InChI=1S/C27H28N6O5S/c34-25(38-31-39(36,37)22-6-2-1-3-7-22)14-15-28-26(35)20-10-12-21(13-11-20)32-16-18-33(19-17-32)27-29-23-8-4-5-9-24(23)30-27/h1-13,31H,14-19H2,(H,28,35)(H,29,30). The first-order valence-electron chi connectivity index (χ1n) is 12.5. The molecule has 0 bridgehead atoms. The number of hydrogen-bond acceptors (Lipinski definition) is 8. The van der Waals surface area contributed by atoms with Crippen molar-refractivity contribution in [1.29, 1.82) is 0 Å². The van der Waals surface area contributed by atoms with Gasteiger partial charge >= 0.3 is 5.97 Å². The Bertz CT molecular complexity index is 1520. The number of carbonyl (C=O) groups excluding carboxylic acids is 2. The van der Waals surface area contributed by atoms with Crippen molar-refractivity contribution < 1.29 is 22.8 Å². The molecule has 0 aliphatic carbocycles. The van der Waals surface area contributed by atoms with Crippen molar-refractivity contribution in [2.24, 2.45) is 0 Å². The smallest absolute Gasteiger partial charge is 0.327 e. The second-order valence-corrected chi connectivity index (χ2v) is 10.6. The third kappa shape index (κ3) is 6.36. The van der Waals surface area contributed by atoms with Crippen LogP contribution in [-0.4, -0.2) is 63.0 Å². The van der Waals surface area contributed by atoms with Crippen LogP contribution in [0, 0.1) is 0 Å². The molecule has 0 saturated carbocycles. The van der Waals surface area contributed by atoms with Gasteiger partial charge in [-0.05, 0) is 53.4 Å². The molecule has 4 aromatic rings. The van der Waals surface area contributed by atoms with Crippen LogP contribution in [0.4, 0.5) is 11.6 Å². The van der Waals surface area contributed by atoms with Crippen LogP contribution in [0.2, 0.25) is 0 Å². The van der Waals surface area contributed by atoms with Crippen molar-refractivity contribution in [1.82, 2.24) is 20.2 Å². The van der Waals surface area contributed by atoms with E-state index in [2.05, 4.69) is 29.9 Å². The van der Waals surface area contributed by atoms with Crippen molar-refractivity contribution in [3.8, 4) is 0 Å². The van der Waals surface area contributed by atoms with Gasteiger partial charge in [0.2, 0.25) is 5.95 Å². The number of aromatic amines is 1. The van der Waals surface area contributed by atoms with Crippen LogP contribution in [0.15, 0.2) is 83.8 Å². The van der Waals surface area contributed by atoms with Gasteiger partial charge in [-0.15, -0.1) is 0 Å². The fraction of sp³-hybridized carbons (Fsp3) is 0.222. The molecule has 2 heterocycles. The average Bonchev–Trinajstić information content (AvgIpc) is 3.41.